The van der Waals surface area contributed by atoms with Gasteiger partial charge in [0, 0.05) is 5.69 Å². The minimum atomic E-state index is -0.259. The Bertz CT molecular complexity index is 779. The molecule has 0 unspecified atom stereocenters. The molecule has 0 saturated carbocycles. The number of aromatic nitrogens is 4. The van der Waals surface area contributed by atoms with Crippen LogP contribution < -0.4 is 10.6 Å². The lowest BCUT2D eigenvalue weighted by molar-refractivity contribution is -0.122. The van der Waals surface area contributed by atoms with Gasteiger partial charge in [-0.1, -0.05) is 29.5 Å². The molecular weight excluding hydrogens is 352 g/mol. The number of rotatable bonds is 7. The molecule has 0 radical (unpaired) electrons. The summed E-state index contributed by atoms with van der Waals surface area (Å²) in [6.45, 7) is 9.74. The third kappa shape index (κ3) is 5.29. The SMILES string of the molecule is Cc1cc(C)c(NC(=O)CNC(=O)CSc2nnnn2C(C)C)c(C)c1. The number of tetrazole rings is 1. The molecule has 0 fully saturated rings. The maximum atomic E-state index is 12.1. The van der Waals surface area contributed by atoms with E-state index in [4.69, 9.17) is 0 Å². The third-order valence-electron chi connectivity index (χ3n) is 3.67. The van der Waals surface area contributed by atoms with E-state index in [1.165, 1.54) is 11.8 Å². The number of nitrogens with zero attached hydrogens (tertiary/aromatic N) is 4. The number of carbonyl (C=O) groups excluding carboxylic acids is 2. The molecule has 26 heavy (non-hydrogen) atoms. The Hall–Kier alpha value is -2.42. The van der Waals surface area contributed by atoms with Crippen LogP contribution in [-0.2, 0) is 9.59 Å². The maximum Gasteiger partial charge on any atom is 0.243 e. The van der Waals surface area contributed by atoms with Gasteiger partial charge < -0.3 is 10.6 Å². The molecule has 0 spiro atoms. The van der Waals surface area contributed by atoms with Crippen molar-refractivity contribution >= 4 is 29.3 Å². The van der Waals surface area contributed by atoms with Crippen LogP contribution in [-0.4, -0.2) is 44.3 Å². The number of benzene rings is 1. The van der Waals surface area contributed by atoms with Crippen LogP contribution in [0, 0.1) is 20.8 Å². The van der Waals surface area contributed by atoms with E-state index in [1.54, 1.807) is 4.68 Å². The maximum absolute atomic E-state index is 12.1. The first kappa shape index (κ1) is 19.9. The zero-order valence-corrected chi connectivity index (χ0v) is 16.5. The molecule has 0 atom stereocenters. The van der Waals surface area contributed by atoms with Gasteiger partial charge in [-0.05, 0) is 56.2 Å². The summed E-state index contributed by atoms with van der Waals surface area (Å²) in [6, 6.07) is 4.13. The summed E-state index contributed by atoms with van der Waals surface area (Å²) in [5.41, 5.74) is 3.93. The first-order valence-corrected chi connectivity index (χ1v) is 9.31. The first-order chi connectivity index (χ1) is 12.3. The van der Waals surface area contributed by atoms with Gasteiger partial charge in [-0.3, -0.25) is 9.59 Å². The Morgan fingerprint density at radius 1 is 1.15 bits per heavy atom. The van der Waals surface area contributed by atoms with Gasteiger partial charge >= 0.3 is 0 Å². The van der Waals surface area contributed by atoms with Crippen molar-refractivity contribution in [2.24, 2.45) is 0 Å². The second kappa shape index (κ2) is 8.79. The standard InChI is InChI=1S/C17H24N6O2S/c1-10(2)23-17(20-21-22-23)26-9-15(25)18-8-14(24)19-16-12(4)6-11(3)7-13(16)5/h6-7,10H,8-9H2,1-5H3,(H,18,25)(H,19,24). The minimum absolute atomic E-state index is 0.0821. The van der Waals surface area contributed by atoms with E-state index >= 15 is 0 Å². The smallest absolute Gasteiger partial charge is 0.243 e. The molecular formula is C17H24N6O2S. The molecule has 140 valence electrons. The predicted molar refractivity (Wildman–Crippen MR) is 101 cm³/mol. The highest BCUT2D eigenvalue weighted by Crippen LogP contribution is 2.21. The van der Waals surface area contributed by atoms with Gasteiger partial charge in [0.05, 0.1) is 18.3 Å². The Labute approximate surface area is 157 Å². The van der Waals surface area contributed by atoms with Crippen LogP contribution in [0.4, 0.5) is 5.69 Å². The van der Waals surface area contributed by atoms with Crippen molar-refractivity contribution in [2.45, 2.75) is 45.8 Å². The van der Waals surface area contributed by atoms with Crippen molar-refractivity contribution in [3.63, 3.8) is 0 Å². The van der Waals surface area contributed by atoms with Crippen LogP contribution in [0.2, 0.25) is 0 Å². The number of thioether (sulfide) groups is 1. The van der Waals surface area contributed by atoms with Crippen molar-refractivity contribution in [2.75, 3.05) is 17.6 Å². The summed E-state index contributed by atoms with van der Waals surface area (Å²) in [5.74, 6) is -0.366. The summed E-state index contributed by atoms with van der Waals surface area (Å²) in [6.07, 6.45) is 0. The summed E-state index contributed by atoms with van der Waals surface area (Å²) < 4.78 is 1.65. The molecule has 2 aromatic rings. The molecule has 8 nitrogen and oxygen atoms in total. The molecule has 0 aliphatic heterocycles. The average Bonchev–Trinajstić information content (AvgIpc) is 3.03. The molecule has 0 aliphatic rings. The summed E-state index contributed by atoms with van der Waals surface area (Å²) in [7, 11) is 0. The Morgan fingerprint density at radius 2 is 1.81 bits per heavy atom. The largest absolute Gasteiger partial charge is 0.346 e. The number of amides is 2. The fraction of sp³-hybridized carbons (Fsp3) is 0.471. The molecule has 2 amide bonds. The zero-order chi connectivity index (χ0) is 19.3. The van der Waals surface area contributed by atoms with Crippen molar-refractivity contribution < 1.29 is 9.59 Å². The lowest BCUT2D eigenvalue weighted by Crippen LogP contribution is -2.34. The van der Waals surface area contributed by atoms with Gasteiger partial charge in [-0.15, -0.1) is 5.10 Å². The lowest BCUT2D eigenvalue weighted by atomic mass is 10.1. The van der Waals surface area contributed by atoms with E-state index in [0.717, 1.165) is 22.4 Å². The van der Waals surface area contributed by atoms with Crippen LogP contribution in [0.15, 0.2) is 17.3 Å². The summed E-state index contributed by atoms with van der Waals surface area (Å²) in [5, 5.41) is 17.4. The Kier molecular flexibility index (Phi) is 6.73. The van der Waals surface area contributed by atoms with E-state index < -0.39 is 0 Å². The molecule has 9 heteroatoms. The van der Waals surface area contributed by atoms with Gasteiger partial charge in [0.25, 0.3) is 0 Å². The number of aryl methyl sites for hydroxylation is 3. The van der Waals surface area contributed by atoms with Gasteiger partial charge in [0.2, 0.25) is 17.0 Å². The molecule has 0 aliphatic carbocycles. The molecule has 1 aromatic heterocycles. The lowest BCUT2D eigenvalue weighted by Gasteiger charge is -2.13. The second-order valence-corrected chi connectivity index (χ2v) is 7.33. The van der Waals surface area contributed by atoms with Crippen molar-refractivity contribution in [1.29, 1.82) is 0 Å². The fourth-order valence-corrected chi connectivity index (χ4v) is 3.36. The molecule has 2 rings (SSSR count). The van der Waals surface area contributed by atoms with E-state index in [9.17, 15) is 9.59 Å². The molecule has 0 saturated heterocycles. The van der Waals surface area contributed by atoms with Crippen LogP contribution in [0.5, 0.6) is 0 Å². The minimum Gasteiger partial charge on any atom is -0.346 e. The number of hydrogen-bond acceptors (Lipinski definition) is 6. The first-order valence-electron chi connectivity index (χ1n) is 8.33. The number of nitrogens with one attached hydrogen (secondary N) is 2. The topological polar surface area (TPSA) is 102 Å². The average molecular weight is 376 g/mol. The van der Waals surface area contributed by atoms with Gasteiger partial charge in [-0.2, -0.15) is 0 Å². The van der Waals surface area contributed by atoms with Crippen molar-refractivity contribution in [1.82, 2.24) is 25.5 Å². The second-order valence-electron chi connectivity index (χ2n) is 6.39. The van der Waals surface area contributed by atoms with Crippen LogP contribution in [0.3, 0.4) is 0 Å². The van der Waals surface area contributed by atoms with Gasteiger partial charge in [-0.25, -0.2) is 4.68 Å². The number of hydrogen-bond donors (Lipinski definition) is 2. The predicted octanol–water partition coefficient (Wildman–Crippen LogP) is 2.03. The highest BCUT2D eigenvalue weighted by Gasteiger charge is 2.13. The van der Waals surface area contributed by atoms with Crippen LogP contribution in [0.25, 0.3) is 0 Å². The van der Waals surface area contributed by atoms with E-state index in [1.807, 2.05) is 46.8 Å². The molecule has 1 heterocycles. The van der Waals surface area contributed by atoms with E-state index in [-0.39, 0.29) is 30.2 Å². The quantitative estimate of drug-likeness (QED) is 0.717. The Morgan fingerprint density at radius 3 is 2.42 bits per heavy atom. The number of anilines is 1. The van der Waals surface area contributed by atoms with Crippen molar-refractivity contribution in [3.8, 4) is 0 Å². The molecule has 1 aromatic carbocycles. The zero-order valence-electron chi connectivity index (χ0n) is 15.7. The Balaban J connectivity index is 1.82. The number of carbonyl (C=O) groups is 2. The third-order valence-corrected chi connectivity index (χ3v) is 4.61. The van der Waals surface area contributed by atoms with Crippen molar-refractivity contribution in [3.05, 3.63) is 28.8 Å². The molecule has 0 bridgehead atoms. The van der Waals surface area contributed by atoms with E-state index in [2.05, 4.69) is 26.2 Å². The van der Waals surface area contributed by atoms with E-state index in [0.29, 0.717) is 5.16 Å². The monoisotopic (exact) mass is 376 g/mol. The normalized spacial score (nSPS) is 10.8. The fourth-order valence-electron chi connectivity index (χ4n) is 2.53. The van der Waals surface area contributed by atoms with Crippen LogP contribution >= 0.6 is 11.8 Å². The highest BCUT2D eigenvalue weighted by molar-refractivity contribution is 7.99. The van der Waals surface area contributed by atoms with Crippen LogP contribution in [0.1, 0.15) is 36.6 Å². The van der Waals surface area contributed by atoms with Gasteiger partial charge in [0.1, 0.15) is 0 Å². The highest BCUT2D eigenvalue weighted by atomic mass is 32.2. The summed E-state index contributed by atoms with van der Waals surface area (Å²) >= 11 is 1.24. The molecule has 2 N–H and O–H groups in total. The van der Waals surface area contributed by atoms with Gasteiger partial charge in [0.15, 0.2) is 0 Å². The summed E-state index contributed by atoms with van der Waals surface area (Å²) in [4.78, 5) is 24.1.